The molecule has 0 bridgehead atoms. The zero-order chi connectivity index (χ0) is 7.98. The second-order valence-electron chi connectivity index (χ2n) is 1.24. The van der Waals surface area contributed by atoms with Crippen LogP contribution < -0.4 is 10.7 Å². The van der Waals surface area contributed by atoms with Gasteiger partial charge in [-0.3, -0.25) is 4.79 Å². The Labute approximate surface area is 66.0 Å². The summed E-state index contributed by atoms with van der Waals surface area (Å²) in [6.45, 7) is 0. The fourth-order valence-electron chi connectivity index (χ4n) is 0.186. The normalized spacial score (nSPS) is 10.4. The summed E-state index contributed by atoms with van der Waals surface area (Å²) in [6, 6.07) is -0.473. The van der Waals surface area contributed by atoms with Crippen molar-refractivity contribution in [3.63, 3.8) is 0 Å². The summed E-state index contributed by atoms with van der Waals surface area (Å²) in [5, 5.41) is 5.57. The predicted octanol–water partition coefficient (Wildman–Crippen LogP) is -0.177. The Morgan fingerprint density at radius 1 is 1.70 bits per heavy atom. The van der Waals surface area contributed by atoms with Gasteiger partial charge in [-0.2, -0.15) is 5.10 Å². The van der Waals surface area contributed by atoms with E-state index in [4.69, 9.17) is 0 Å². The highest BCUT2D eigenvalue weighted by Gasteiger charge is 1.92. The first-order chi connectivity index (χ1) is 4.70. The maximum atomic E-state index is 10.4. The Morgan fingerprint density at radius 3 is 2.70 bits per heavy atom. The first kappa shape index (κ1) is 9.09. The highest BCUT2D eigenvalue weighted by atomic mass is 79.9. The van der Waals surface area contributed by atoms with Crippen molar-refractivity contribution >= 4 is 32.9 Å². The largest absolute Gasteiger partial charge is 0.340 e. The molecule has 0 radical (unpaired) electrons. The van der Waals surface area contributed by atoms with Crippen molar-refractivity contribution in [2.24, 2.45) is 5.10 Å². The van der Waals surface area contributed by atoms with E-state index in [1.165, 1.54) is 7.05 Å². The molecule has 0 aromatic carbocycles. The Hall–Kier alpha value is -0.910. The molecular formula is C4H6BrN3O2. The topological polar surface area (TPSA) is 70.6 Å². The molecule has 5 nitrogen and oxygen atoms in total. The van der Waals surface area contributed by atoms with Crippen LogP contribution >= 0.6 is 15.9 Å². The minimum Gasteiger partial charge on any atom is -0.340 e. The van der Waals surface area contributed by atoms with Crippen molar-refractivity contribution in [2.75, 3.05) is 7.05 Å². The van der Waals surface area contributed by atoms with Crippen LogP contribution in [0.5, 0.6) is 0 Å². The van der Waals surface area contributed by atoms with E-state index in [9.17, 15) is 9.59 Å². The zero-order valence-electron chi connectivity index (χ0n) is 5.22. The van der Waals surface area contributed by atoms with Crippen LogP contribution in [0.1, 0.15) is 0 Å². The minimum atomic E-state index is -0.473. The van der Waals surface area contributed by atoms with Crippen LogP contribution in [0.15, 0.2) is 5.10 Å². The van der Waals surface area contributed by atoms with E-state index in [-0.39, 0.29) is 4.62 Å². The van der Waals surface area contributed by atoms with E-state index in [1.807, 2.05) is 5.43 Å². The van der Waals surface area contributed by atoms with Crippen molar-refractivity contribution in [1.29, 1.82) is 0 Å². The lowest BCUT2D eigenvalue weighted by atomic mass is 10.9. The molecule has 0 rings (SSSR count). The van der Waals surface area contributed by atoms with Gasteiger partial charge in [-0.1, -0.05) is 0 Å². The fraction of sp³-hybridized carbons (Fsp3) is 0.250. The number of hydrogen-bond donors (Lipinski definition) is 2. The second kappa shape index (κ2) is 4.92. The van der Waals surface area contributed by atoms with Crippen LogP contribution in [0, 0.1) is 0 Å². The van der Waals surface area contributed by atoms with E-state index in [2.05, 4.69) is 26.3 Å². The highest BCUT2D eigenvalue weighted by molar-refractivity contribution is 9.19. The van der Waals surface area contributed by atoms with Crippen molar-refractivity contribution in [3.8, 4) is 0 Å². The van der Waals surface area contributed by atoms with Crippen molar-refractivity contribution < 1.29 is 9.59 Å². The molecule has 2 amide bonds. The lowest BCUT2D eigenvalue weighted by Crippen LogP contribution is -2.29. The van der Waals surface area contributed by atoms with Gasteiger partial charge in [-0.15, -0.1) is 0 Å². The SMILES string of the molecule is CNC(=O)N/N=C(/Br)C=O. The van der Waals surface area contributed by atoms with E-state index >= 15 is 0 Å². The van der Waals surface area contributed by atoms with Gasteiger partial charge < -0.3 is 5.32 Å². The number of hydrogen-bond acceptors (Lipinski definition) is 3. The highest BCUT2D eigenvalue weighted by Crippen LogP contribution is 1.81. The summed E-state index contributed by atoms with van der Waals surface area (Å²) < 4.78 is 0.0381. The number of carbonyl (C=O) groups is 2. The molecule has 0 aliphatic rings. The average molecular weight is 208 g/mol. The molecule has 0 spiro atoms. The summed E-state index contributed by atoms with van der Waals surface area (Å²) in [4.78, 5) is 20.2. The van der Waals surface area contributed by atoms with Crippen LogP contribution in [0.2, 0.25) is 0 Å². The smallest absolute Gasteiger partial charge is 0.334 e. The molecule has 0 aliphatic heterocycles. The van der Waals surface area contributed by atoms with E-state index in [1.54, 1.807) is 0 Å². The van der Waals surface area contributed by atoms with Gasteiger partial charge >= 0.3 is 6.03 Å². The van der Waals surface area contributed by atoms with Crippen LogP contribution in [0.4, 0.5) is 4.79 Å². The zero-order valence-corrected chi connectivity index (χ0v) is 6.81. The third-order valence-electron chi connectivity index (χ3n) is 0.589. The van der Waals surface area contributed by atoms with Gasteiger partial charge in [0.25, 0.3) is 0 Å². The fourth-order valence-corrected chi connectivity index (χ4v) is 0.275. The standard InChI is InChI=1S/C4H6BrN3O2/c1-6-4(10)8-7-3(5)2-9/h2H,1H3,(H2,6,8,10)/b7-3+. The molecule has 0 fully saturated rings. The molecular weight excluding hydrogens is 202 g/mol. The summed E-state index contributed by atoms with van der Waals surface area (Å²) in [5.74, 6) is 0. The molecule has 0 aromatic heterocycles. The number of amides is 2. The number of hydrazone groups is 1. The van der Waals surface area contributed by atoms with Gasteiger partial charge in [-0.05, 0) is 15.9 Å². The predicted molar refractivity (Wildman–Crippen MR) is 40.0 cm³/mol. The summed E-state index contributed by atoms with van der Waals surface area (Å²) in [5.41, 5.74) is 2.04. The van der Waals surface area contributed by atoms with E-state index in [0.29, 0.717) is 6.29 Å². The molecule has 0 aliphatic carbocycles. The molecule has 0 atom stereocenters. The summed E-state index contributed by atoms with van der Waals surface area (Å²) in [7, 11) is 1.44. The first-order valence-corrected chi connectivity index (χ1v) is 3.16. The molecule has 10 heavy (non-hydrogen) atoms. The van der Waals surface area contributed by atoms with Crippen LogP contribution in [-0.4, -0.2) is 24.0 Å². The Balaban J connectivity index is 3.71. The van der Waals surface area contributed by atoms with Gasteiger partial charge in [0.2, 0.25) is 0 Å². The number of nitrogens with one attached hydrogen (secondary N) is 2. The molecule has 6 heteroatoms. The Kier molecular flexibility index (Phi) is 4.47. The van der Waals surface area contributed by atoms with Crippen LogP contribution in [0.25, 0.3) is 0 Å². The van der Waals surface area contributed by atoms with Gasteiger partial charge in [0.15, 0.2) is 10.9 Å². The molecule has 0 saturated heterocycles. The number of aldehydes is 1. The Bertz CT molecular complexity index is 168. The maximum Gasteiger partial charge on any atom is 0.334 e. The Morgan fingerprint density at radius 2 is 2.30 bits per heavy atom. The minimum absolute atomic E-state index is 0.0381. The van der Waals surface area contributed by atoms with Crippen molar-refractivity contribution in [3.05, 3.63) is 0 Å². The summed E-state index contributed by atoms with van der Waals surface area (Å²) >= 11 is 2.77. The van der Waals surface area contributed by atoms with E-state index in [0.717, 1.165) is 0 Å². The number of halogens is 1. The summed E-state index contributed by atoms with van der Waals surface area (Å²) in [6.07, 6.45) is 0.468. The van der Waals surface area contributed by atoms with Gasteiger partial charge in [0.1, 0.15) is 0 Å². The maximum absolute atomic E-state index is 10.4. The molecule has 0 heterocycles. The van der Waals surface area contributed by atoms with Crippen molar-refractivity contribution in [1.82, 2.24) is 10.7 Å². The number of rotatable bonds is 2. The van der Waals surface area contributed by atoms with Gasteiger partial charge in [-0.25, -0.2) is 10.2 Å². The van der Waals surface area contributed by atoms with Gasteiger partial charge in [0, 0.05) is 7.05 Å². The number of nitrogens with zero attached hydrogens (tertiary/aromatic N) is 1. The third kappa shape index (κ3) is 4.02. The molecule has 2 N–H and O–H groups in total. The number of urea groups is 1. The first-order valence-electron chi connectivity index (χ1n) is 2.36. The van der Waals surface area contributed by atoms with Gasteiger partial charge in [0.05, 0.1) is 0 Å². The molecule has 0 unspecified atom stereocenters. The quantitative estimate of drug-likeness (QED) is 0.375. The molecule has 0 aromatic rings. The van der Waals surface area contributed by atoms with E-state index < -0.39 is 6.03 Å². The van der Waals surface area contributed by atoms with Crippen molar-refractivity contribution in [2.45, 2.75) is 0 Å². The lowest BCUT2D eigenvalue weighted by Gasteiger charge is -1.94. The number of carbonyl (C=O) groups excluding carboxylic acids is 2. The van der Waals surface area contributed by atoms with Crippen LogP contribution in [-0.2, 0) is 4.79 Å². The monoisotopic (exact) mass is 207 g/mol. The lowest BCUT2D eigenvalue weighted by molar-refractivity contribution is -0.102. The molecule has 56 valence electrons. The van der Waals surface area contributed by atoms with Crippen LogP contribution in [0.3, 0.4) is 0 Å². The molecule has 0 saturated carbocycles. The third-order valence-corrected chi connectivity index (χ3v) is 0.953. The average Bonchev–Trinajstić information content (AvgIpc) is 1.99. The second-order valence-corrected chi connectivity index (χ2v) is 2.06.